The highest BCUT2D eigenvalue weighted by molar-refractivity contribution is 7.18. The maximum atomic E-state index is 12.9. The van der Waals surface area contributed by atoms with Crippen molar-refractivity contribution < 1.29 is 9.59 Å². The van der Waals surface area contributed by atoms with Gasteiger partial charge in [0, 0.05) is 37.7 Å². The molecule has 1 N–H and O–H groups in total. The predicted octanol–water partition coefficient (Wildman–Crippen LogP) is 3.00. The molecule has 3 aromatic rings. The molecule has 3 aromatic heterocycles. The van der Waals surface area contributed by atoms with E-state index in [1.165, 1.54) is 22.7 Å². The number of carbonyl (C=O) groups is 2. The van der Waals surface area contributed by atoms with Crippen molar-refractivity contribution >= 4 is 39.4 Å². The van der Waals surface area contributed by atoms with E-state index in [0.717, 1.165) is 57.8 Å². The molecular formula is C20H23N5O2S2. The van der Waals surface area contributed by atoms with Gasteiger partial charge < -0.3 is 10.2 Å². The van der Waals surface area contributed by atoms with Crippen LogP contribution in [0, 0.1) is 18.8 Å². The number of likely N-dealkylation sites (tertiary alicyclic amines) is 1. The Morgan fingerprint density at radius 3 is 2.66 bits per heavy atom. The van der Waals surface area contributed by atoms with Gasteiger partial charge in [0.05, 0.1) is 10.7 Å². The summed E-state index contributed by atoms with van der Waals surface area (Å²) in [5, 5.41) is 4.22. The summed E-state index contributed by atoms with van der Waals surface area (Å²) in [6, 6.07) is 0.186. The van der Waals surface area contributed by atoms with Crippen LogP contribution in [0.5, 0.6) is 0 Å². The maximum Gasteiger partial charge on any atom is 0.265 e. The van der Waals surface area contributed by atoms with Crippen molar-refractivity contribution in [3.8, 4) is 0 Å². The van der Waals surface area contributed by atoms with Gasteiger partial charge in [-0.1, -0.05) is 18.3 Å². The molecule has 2 atom stereocenters. The minimum Gasteiger partial charge on any atom is -0.349 e. The average Bonchev–Trinajstić information content (AvgIpc) is 3.45. The Morgan fingerprint density at radius 1 is 1.24 bits per heavy atom. The van der Waals surface area contributed by atoms with Gasteiger partial charge >= 0.3 is 0 Å². The van der Waals surface area contributed by atoms with Gasteiger partial charge in [-0.05, 0) is 38.0 Å². The third-order valence-corrected chi connectivity index (χ3v) is 8.32. The predicted molar refractivity (Wildman–Crippen MR) is 113 cm³/mol. The summed E-state index contributed by atoms with van der Waals surface area (Å²) in [4.78, 5) is 38.6. The maximum absolute atomic E-state index is 12.9. The number of imidazole rings is 1. The number of fused-ring (bicyclic) bond motifs is 2. The Morgan fingerprint density at radius 2 is 2.00 bits per heavy atom. The minimum absolute atomic E-state index is 0.000429. The normalized spacial score (nSPS) is 23.7. The second-order valence-corrected chi connectivity index (χ2v) is 10.1. The molecule has 2 fully saturated rings. The second-order valence-electron chi connectivity index (χ2n) is 7.96. The van der Waals surface area contributed by atoms with E-state index in [1.807, 2.05) is 28.6 Å². The number of hydrogen-bond donors (Lipinski definition) is 1. The minimum atomic E-state index is -0.000429. The molecule has 4 heterocycles. The SMILES string of the molecule is CCc1nc(C)c(C(=O)NC2CC3CN(C(=O)c4cn5ccnc5s4)CC3C2)s1. The third kappa shape index (κ3) is 3.36. The van der Waals surface area contributed by atoms with Gasteiger partial charge in [0.25, 0.3) is 11.8 Å². The molecule has 7 nitrogen and oxygen atoms in total. The van der Waals surface area contributed by atoms with Crippen LogP contribution in [-0.2, 0) is 6.42 Å². The first-order valence-corrected chi connectivity index (χ1v) is 11.6. The van der Waals surface area contributed by atoms with Crippen molar-refractivity contribution in [3.05, 3.63) is 39.0 Å². The molecule has 5 rings (SSSR count). The number of carbonyl (C=O) groups excluding carboxylic acids is 2. The van der Waals surface area contributed by atoms with Crippen LogP contribution in [0.4, 0.5) is 0 Å². The zero-order valence-electron chi connectivity index (χ0n) is 16.4. The first-order valence-electron chi connectivity index (χ1n) is 10.0. The summed E-state index contributed by atoms with van der Waals surface area (Å²) >= 11 is 2.93. The van der Waals surface area contributed by atoms with Crippen LogP contribution in [0.25, 0.3) is 4.96 Å². The zero-order chi connectivity index (χ0) is 20.1. The van der Waals surface area contributed by atoms with Crippen molar-refractivity contribution in [2.75, 3.05) is 13.1 Å². The number of aromatic nitrogens is 3. The van der Waals surface area contributed by atoms with Crippen molar-refractivity contribution in [1.82, 2.24) is 24.6 Å². The second kappa shape index (κ2) is 7.21. The molecule has 1 aliphatic carbocycles. The number of aryl methyl sites for hydroxylation is 2. The lowest BCUT2D eigenvalue weighted by Gasteiger charge is -2.19. The fourth-order valence-electron chi connectivity index (χ4n) is 4.63. The third-order valence-electron chi connectivity index (χ3n) is 6.02. The number of hydrogen-bond acceptors (Lipinski definition) is 6. The largest absolute Gasteiger partial charge is 0.349 e. The van der Waals surface area contributed by atoms with Crippen LogP contribution in [0.3, 0.4) is 0 Å². The van der Waals surface area contributed by atoms with Gasteiger partial charge in [-0.15, -0.1) is 11.3 Å². The van der Waals surface area contributed by atoms with Crippen LogP contribution >= 0.6 is 22.7 Å². The van der Waals surface area contributed by atoms with Crippen LogP contribution in [0.1, 0.15) is 49.8 Å². The topological polar surface area (TPSA) is 79.6 Å². The standard InChI is InChI=1S/C20H23N5O2S2/c1-3-16-22-11(2)17(29-16)18(26)23-14-6-12-8-25(9-13(12)7-14)19(27)15-10-24-5-4-21-20(24)28-15/h4-5,10,12-14H,3,6-9H2,1-2H3,(H,23,26). The van der Waals surface area contributed by atoms with Gasteiger partial charge in [0.15, 0.2) is 4.96 Å². The Bertz CT molecular complexity index is 1040. The number of amides is 2. The highest BCUT2D eigenvalue weighted by atomic mass is 32.1. The van der Waals surface area contributed by atoms with E-state index in [9.17, 15) is 9.59 Å². The van der Waals surface area contributed by atoms with Gasteiger partial charge in [-0.3, -0.25) is 14.0 Å². The first kappa shape index (κ1) is 18.7. The lowest BCUT2D eigenvalue weighted by Crippen LogP contribution is -2.35. The average molecular weight is 430 g/mol. The van der Waals surface area contributed by atoms with Crippen LogP contribution in [0.15, 0.2) is 18.6 Å². The van der Waals surface area contributed by atoms with E-state index in [-0.39, 0.29) is 17.9 Å². The Balaban J connectivity index is 1.19. The Kier molecular flexibility index (Phi) is 4.66. The molecule has 2 aliphatic rings. The lowest BCUT2D eigenvalue weighted by atomic mass is 10.0. The molecule has 152 valence electrons. The number of rotatable bonds is 4. The lowest BCUT2D eigenvalue weighted by molar-refractivity contribution is 0.0779. The monoisotopic (exact) mass is 429 g/mol. The summed E-state index contributed by atoms with van der Waals surface area (Å²) in [7, 11) is 0. The van der Waals surface area contributed by atoms with Crippen molar-refractivity contribution in [2.45, 2.75) is 39.2 Å². The van der Waals surface area contributed by atoms with Crippen molar-refractivity contribution in [2.24, 2.45) is 11.8 Å². The summed E-state index contributed by atoms with van der Waals surface area (Å²) in [5.41, 5.74) is 0.821. The summed E-state index contributed by atoms with van der Waals surface area (Å²) in [5.74, 6) is 1.02. The van der Waals surface area contributed by atoms with Crippen molar-refractivity contribution in [1.29, 1.82) is 0 Å². The van der Waals surface area contributed by atoms with Crippen LogP contribution < -0.4 is 5.32 Å². The Hall–Kier alpha value is -2.26. The van der Waals surface area contributed by atoms with E-state index in [4.69, 9.17) is 0 Å². The number of nitrogens with one attached hydrogen (secondary N) is 1. The molecule has 0 radical (unpaired) electrons. The smallest absolute Gasteiger partial charge is 0.265 e. The van der Waals surface area contributed by atoms with Gasteiger partial charge in [0.2, 0.25) is 0 Å². The quantitative estimate of drug-likeness (QED) is 0.691. The summed E-state index contributed by atoms with van der Waals surface area (Å²) < 4.78 is 1.89. The van der Waals surface area contributed by atoms with Crippen LogP contribution in [-0.4, -0.2) is 50.2 Å². The molecule has 9 heteroatoms. The first-order chi connectivity index (χ1) is 14.0. The molecule has 1 saturated carbocycles. The van der Waals surface area contributed by atoms with E-state index < -0.39 is 0 Å². The molecular weight excluding hydrogens is 406 g/mol. The number of nitrogens with zero attached hydrogens (tertiary/aromatic N) is 4. The van der Waals surface area contributed by atoms with E-state index in [2.05, 4.69) is 22.2 Å². The van der Waals surface area contributed by atoms with E-state index in [1.54, 1.807) is 6.20 Å². The van der Waals surface area contributed by atoms with Gasteiger partial charge in [-0.25, -0.2) is 9.97 Å². The molecule has 0 aromatic carbocycles. The van der Waals surface area contributed by atoms with Crippen molar-refractivity contribution in [3.63, 3.8) is 0 Å². The Labute approximate surface area is 176 Å². The molecule has 0 spiro atoms. The highest BCUT2D eigenvalue weighted by Gasteiger charge is 2.43. The summed E-state index contributed by atoms with van der Waals surface area (Å²) in [6.45, 7) is 5.50. The van der Waals surface area contributed by atoms with Crippen LogP contribution in [0.2, 0.25) is 0 Å². The fraction of sp³-hybridized carbons (Fsp3) is 0.500. The molecule has 1 saturated heterocycles. The fourth-order valence-corrected chi connectivity index (χ4v) is 6.45. The zero-order valence-corrected chi connectivity index (χ0v) is 18.1. The molecule has 2 unspecified atom stereocenters. The number of thiazole rings is 2. The molecule has 0 bridgehead atoms. The van der Waals surface area contributed by atoms with Gasteiger partial charge in [0.1, 0.15) is 9.75 Å². The van der Waals surface area contributed by atoms with E-state index >= 15 is 0 Å². The molecule has 2 amide bonds. The highest BCUT2D eigenvalue weighted by Crippen LogP contribution is 2.39. The molecule has 1 aliphatic heterocycles. The van der Waals surface area contributed by atoms with E-state index in [0.29, 0.717) is 11.8 Å². The van der Waals surface area contributed by atoms with Gasteiger partial charge in [-0.2, -0.15) is 0 Å². The molecule has 29 heavy (non-hydrogen) atoms. The summed E-state index contributed by atoms with van der Waals surface area (Å²) in [6.07, 6.45) is 8.20.